The molecule has 3 rings (SSSR count). The molecule has 1 heterocycles. The van der Waals surface area contributed by atoms with Gasteiger partial charge in [0.2, 0.25) is 0 Å². The molecule has 2 aromatic rings. The summed E-state index contributed by atoms with van der Waals surface area (Å²) in [5.74, 6) is -1.06. The van der Waals surface area contributed by atoms with E-state index in [-0.39, 0.29) is 21.0 Å². The smallest absolute Gasteiger partial charge is 0.450 e. The van der Waals surface area contributed by atoms with E-state index >= 15 is 0 Å². The number of sulfone groups is 1. The molecule has 124 valence electrons. The molecule has 0 fully saturated rings. The second-order valence-electron chi connectivity index (χ2n) is 5.22. The monoisotopic (exact) mass is 366 g/mol. The molecule has 0 saturated carbocycles. The summed E-state index contributed by atoms with van der Waals surface area (Å²) in [5.41, 5.74) is 0.309. The van der Waals surface area contributed by atoms with Crippen LogP contribution < -0.4 is 0 Å². The second kappa shape index (κ2) is 5.92. The van der Waals surface area contributed by atoms with E-state index in [0.717, 1.165) is 0 Å². The first-order valence-electron chi connectivity index (χ1n) is 6.85. The highest BCUT2D eigenvalue weighted by Gasteiger charge is 2.41. The Labute approximate surface area is 142 Å². The van der Waals surface area contributed by atoms with Crippen molar-refractivity contribution in [3.63, 3.8) is 0 Å². The van der Waals surface area contributed by atoms with Crippen LogP contribution in [0.25, 0.3) is 0 Å². The number of halogens is 1. The van der Waals surface area contributed by atoms with E-state index in [1.54, 1.807) is 30.3 Å². The highest BCUT2D eigenvalue weighted by Crippen LogP contribution is 2.40. The van der Waals surface area contributed by atoms with Crippen LogP contribution >= 0.6 is 11.6 Å². The van der Waals surface area contributed by atoms with E-state index in [0.29, 0.717) is 5.56 Å². The molecule has 0 radical (unpaired) electrons. The van der Waals surface area contributed by atoms with Crippen LogP contribution in [0.4, 0.5) is 4.79 Å². The number of ether oxygens (including phenoxy) is 1. The summed E-state index contributed by atoms with van der Waals surface area (Å²) < 4.78 is 29.5. The van der Waals surface area contributed by atoms with Gasteiger partial charge in [-0.05, 0) is 12.1 Å². The minimum absolute atomic E-state index is 0.0832. The van der Waals surface area contributed by atoms with Crippen LogP contribution in [-0.4, -0.2) is 31.2 Å². The van der Waals surface area contributed by atoms with Crippen molar-refractivity contribution in [3.8, 4) is 0 Å². The topological polar surface area (TPSA) is 97.7 Å². The highest BCUT2D eigenvalue weighted by atomic mass is 35.5. The zero-order valence-corrected chi connectivity index (χ0v) is 13.7. The molecule has 2 aromatic carbocycles. The zero-order valence-electron chi connectivity index (χ0n) is 12.1. The summed E-state index contributed by atoms with van der Waals surface area (Å²) in [7, 11) is -3.87. The number of carbonyl (C=O) groups is 2. The van der Waals surface area contributed by atoms with Crippen LogP contribution in [0.1, 0.15) is 27.6 Å². The molecule has 0 saturated heterocycles. The predicted octanol–water partition coefficient (Wildman–Crippen LogP) is 3.09. The van der Waals surface area contributed by atoms with E-state index in [1.807, 2.05) is 0 Å². The molecule has 0 amide bonds. The zero-order chi connectivity index (χ0) is 17.5. The molecule has 1 unspecified atom stereocenters. The summed E-state index contributed by atoms with van der Waals surface area (Å²) in [6.45, 7) is 0. The lowest BCUT2D eigenvalue weighted by atomic mass is 9.99. The Hall–Kier alpha value is -2.38. The van der Waals surface area contributed by atoms with Crippen molar-refractivity contribution in [1.29, 1.82) is 0 Å². The molecule has 0 spiro atoms. The van der Waals surface area contributed by atoms with Gasteiger partial charge in [0, 0.05) is 21.7 Å². The quantitative estimate of drug-likeness (QED) is 0.662. The molecule has 0 aliphatic carbocycles. The summed E-state index contributed by atoms with van der Waals surface area (Å²) in [4.78, 5) is 23.3. The average molecular weight is 367 g/mol. The lowest BCUT2D eigenvalue weighted by Crippen LogP contribution is -2.11. The maximum atomic E-state index is 12.7. The van der Waals surface area contributed by atoms with Crippen molar-refractivity contribution in [2.24, 2.45) is 0 Å². The molecule has 1 atom stereocenters. The molecular formula is C16H11ClO6S. The van der Waals surface area contributed by atoms with E-state index < -0.39 is 33.6 Å². The normalized spacial score (nSPS) is 18.0. The van der Waals surface area contributed by atoms with Crippen LogP contribution in [-0.2, 0) is 14.6 Å². The number of ketones is 1. The maximum Gasteiger partial charge on any atom is 0.506 e. The van der Waals surface area contributed by atoms with Gasteiger partial charge in [0.1, 0.15) is 6.10 Å². The van der Waals surface area contributed by atoms with Gasteiger partial charge in [-0.2, -0.15) is 0 Å². The number of benzene rings is 2. The van der Waals surface area contributed by atoms with Crippen molar-refractivity contribution in [1.82, 2.24) is 0 Å². The number of carboxylic acid groups (broad SMARTS) is 1. The number of fused-ring (bicyclic) bond motifs is 1. The lowest BCUT2D eigenvalue weighted by Gasteiger charge is -2.11. The molecule has 0 aromatic heterocycles. The molecule has 24 heavy (non-hydrogen) atoms. The fourth-order valence-corrected chi connectivity index (χ4v) is 4.78. The van der Waals surface area contributed by atoms with Gasteiger partial charge in [0.05, 0.1) is 10.6 Å². The average Bonchev–Trinajstić information content (AvgIpc) is 2.76. The van der Waals surface area contributed by atoms with Gasteiger partial charge >= 0.3 is 6.16 Å². The molecule has 8 heteroatoms. The maximum absolute atomic E-state index is 12.7. The van der Waals surface area contributed by atoms with Gasteiger partial charge in [-0.3, -0.25) is 4.79 Å². The Balaban J connectivity index is 2.20. The lowest BCUT2D eigenvalue weighted by molar-refractivity contribution is 0.0606. The first-order chi connectivity index (χ1) is 11.3. The van der Waals surface area contributed by atoms with Crippen molar-refractivity contribution in [2.75, 3.05) is 5.75 Å². The number of rotatable bonds is 3. The number of hydrogen-bond acceptors (Lipinski definition) is 5. The molecule has 1 aliphatic rings. The third-order valence-electron chi connectivity index (χ3n) is 3.63. The van der Waals surface area contributed by atoms with Gasteiger partial charge in [0.15, 0.2) is 15.6 Å². The molecule has 0 bridgehead atoms. The van der Waals surface area contributed by atoms with Crippen LogP contribution in [0.5, 0.6) is 0 Å². The minimum atomic E-state index is -3.87. The standard InChI is InChI=1S/C16H11ClO6S/c17-10-6-11-13(23-16(19)20)8-24(21,22)15(11)12(7-10)14(18)9-4-2-1-3-5-9/h1-7,13H,8H2,(H,19,20). The summed E-state index contributed by atoms with van der Waals surface area (Å²) >= 11 is 6.00. The van der Waals surface area contributed by atoms with Crippen molar-refractivity contribution in [3.05, 3.63) is 64.2 Å². The number of carbonyl (C=O) groups excluding carboxylic acids is 1. The molecule has 1 N–H and O–H groups in total. The Morgan fingerprint density at radius 3 is 2.46 bits per heavy atom. The van der Waals surface area contributed by atoms with Gasteiger partial charge in [-0.15, -0.1) is 0 Å². The van der Waals surface area contributed by atoms with Crippen molar-refractivity contribution in [2.45, 2.75) is 11.0 Å². The summed E-state index contributed by atoms with van der Waals surface area (Å²) in [6, 6.07) is 10.7. The van der Waals surface area contributed by atoms with Crippen LogP contribution in [0.15, 0.2) is 47.4 Å². The van der Waals surface area contributed by atoms with Crippen LogP contribution in [0.2, 0.25) is 5.02 Å². The highest BCUT2D eigenvalue weighted by molar-refractivity contribution is 7.91. The van der Waals surface area contributed by atoms with Gasteiger partial charge in [-0.1, -0.05) is 41.9 Å². The second-order valence-corrected chi connectivity index (χ2v) is 7.63. The van der Waals surface area contributed by atoms with Gasteiger partial charge in [-0.25, -0.2) is 13.2 Å². The largest absolute Gasteiger partial charge is 0.506 e. The van der Waals surface area contributed by atoms with Crippen molar-refractivity contribution < 1.29 is 27.9 Å². The Kier molecular flexibility index (Phi) is 4.06. The SMILES string of the molecule is O=C(O)OC1CS(=O)(=O)c2c(C(=O)c3ccccc3)cc(Cl)cc21. The van der Waals surface area contributed by atoms with E-state index in [2.05, 4.69) is 4.74 Å². The fourth-order valence-electron chi connectivity index (χ4n) is 2.71. The van der Waals surface area contributed by atoms with Crippen molar-refractivity contribution >= 4 is 33.4 Å². The summed E-state index contributed by atoms with van der Waals surface area (Å²) in [6.07, 6.45) is -2.80. The third kappa shape index (κ3) is 2.88. The predicted molar refractivity (Wildman–Crippen MR) is 85.2 cm³/mol. The number of hydrogen-bond donors (Lipinski definition) is 1. The first kappa shape index (κ1) is 16.5. The molecule has 6 nitrogen and oxygen atoms in total. The first-order valence-corrected chi connectivity index (χ1v) is 8.88. The van der Waals surface area contributed by atoms with Gasteiger partial charge in [0.25, 0.3) is 0 Å². The third-order valence-corrected chi connectivity index (χ3v) is 5.67. The van der Waals surface area contributed by atoms with E-state index in [9.17, 15) is 18.0 Å². The fraction of sp³-hybridized carbons (Fsp3) is 0.125. The Bertz CT molecular complexity index is 937. The van der Waals surface area contributed by atoms with Crippen LogP contribution in [0.3, 0.4) is 0 Å². The minimum Gasteiger partial charge on any atom is -0.450 e. The van der Waals surface area contributed by atoms with E-state index in [1.165, 1.54) is 12.1 Å². The van der Waals surface area contributed by atoms with E-state index in [4.69, 9.17) is 16.7 Å². The molecular weight excluding hydrogens is 356 g/mol. The summed E-state index contributed by atoms with van der Waals surface area (Å²) in [5, 5.41) is 8.91. The van der Waals surface area contributed by atoms with Gasteiger partial charge < -0.3 is 9.84 Å². The van der Waals surface area contributed by atoms with Crippen LogP contribution in [0, 0.1) is 0 Å². The Morgan fingerprint density at radius 1 is 1.17 bits per heavy atom. The Morgan fingerprint density at radius 2 is 1.83 bits per heavy atom. The molecule has 1 aliphatic heterocycles.